The molecule has 16 heteroatoms. The molecule has 2 aromatic rings. The standard InChI is InChI=1S/C21H31ClN5O9P/c1-12(2)35-21(29)33-10-34-37(30,31)11-32-8-15-14(28)7-16(36-15)27-9-23-17-18(24-13-5-3-4-6-13)25-20(22)26-19(17)27/h9,12-16,28H,3-8,10-11H2,1-2H3,(H,30,31)(H,24,25,26)/t14-,15+,16+/m0/s1. The van der Waals surface area contributed by atoms with E-state index in [1.807, 2.05) is 0 Å². The van der Waals surface area contributed by atoms with Crippen molar-refractivity contribution >= 4 is 42.3 Å². The van der Waals surface area contributed by atoms with Gasteiger partial charge in [-0.05, 0) is 38.3 Å². The minimum atomic E-state index is -4.23. The Morgan fingerprint density at radius 1 is 1.35 bits per heavy atom. The highest BCUT2D eigenvalue weighted by molar-refractivity contribution is 7.52. The van der Waals surface area contributed by atoms with Crippen LogP contribution >= 0.6 is 19.2 Å². The van der Waals surface area contributed by atoms with Crippen molar-refractivity contribution in [1.82, 2.24) is 19.5 Å². The van der Waals surface area contributed by atoms with Crippen LogP contribution in [-0.2, 0) is 28.0 Å². The van der Waals surface area contributed by atoms with Crippen molar-refractivity contribution < 1.29 is 42.8 Å². The van der Waals surface area contributed by atoms with Gasteiger partial charge in [0, 0.05) is 12.5 Å². The van der Waals surface area contributed by atoms with Crippen LogP contribution in [0, 0.1) is 0 Å². The summed E-state index contributed by atoms with van der Waals surface area (Å²) in [6, 6.07) is 0.303. The number of carbonyl (C=O) groups is 1. The van der Waals surface area contributed by atoms with E-state index in [-0.39, 0.29) is 18.3 Å². The van der Waals surface area contributed by atoms with Gasteiger partial charge < -0.3 is 34.3 Å². The lowest BCUT2D eigenvalue weighted by Crippen LogP contribution is -2.26. The lowest BCUT2D eigenvalue weighted by Gasteiger charge is -2.18. The Balaban J connectivity index is 1.30. The molecular weight excluding hydrogens is 533 g/mol. The number of nitrogens with zero attached hydrogens (tertiary/aromatic N) is 4. The van der Waals surface area contributed by atoms with E-state index in [0.717, 1.165) is 25.7 Å². The summed E-state index contributed by atoms with van der Waals surface area (Å²) in [5.41, 5.74) is 1.01. The van der Waals surface area contributed by atoms with Gasteiger partial charge in [-0.2, -0.15) is 9.97 Å². The van der Waals surface area contributed by atoms with Crippen molar-refractivity contribution in [2.45, 2.75) is 76.5 Å². The molecule has 0 bridgehead atoms. The third kappa shape index (κ3) is 7.50. The minimum absolute atomic E-state index is 0.0633. The summed E-state index contributed by atoms with van der Waals surface area (Å²) >= 11 is 6.18. The third-order valence-electron chi connectivity index (χ3n) is 5.90. The van der Waals surface area contributed by atoms with Gasteiger partial charge in [0.1, 0.15) is 18.7 Å². The number of hydrogen-bond donors (Lipinski definition) is 3. The maximum absolute atomic E-state index is 12.1. The fourth-order valence-corrected chi connectivity index (χ4v) is 5.00. The Bertz CT molecular complexity index is 1130. The topological polar surface area (TPSA) is 176 Å². The summed E-state index contributed by atoms with van der Waals surface area (Å²) in [5.74, 6) is 0.555. The summed E-state index contributed by atoms with van der Waals surface area (Å²) in [4.78, 5) is 34.2. The molecule has 0 amide bonds. The monoisotopic (exact) mass is 563 g/mol. The smallest absolute Gasteiger partial charge is 0.432 e. The van der Waals surface area contributed by atoms with Crippen LogP contribution in [0.15, 0.2) is 6.33 Å². The van der Waals surface area contributed by atoms with Crippen molar-refractivity contribution in [2.24, 2.45) is 0 Å². The fraction of sp³-hybridized carbons (Fsp3) is 0.714. The van der Waals surface area contributed by atoms with Crippen LogP contribution in [0.1, 0.15) is 52.2 Å². The van der Waals surface area contributed by atoms with Gasteiger partial charge in [0.15, 0.2) is 17.0 Å². The molecule has 0 radical (unpaired) electrons. The predicted octanol–water partition coefficient (Wildman–Crippen LogP) is 3.18. The lowest BCUT2D eigenvalue weighted by atomic mass is 10.2. The summed E-state index contributed by atoms with van der Waals surface area (Å²) in [5, 5.41) is 14.0. The SMILES string of the molecule is CC(C)OC(=O)OCOP(=O)(O)COC[C@H]1O[C@@H](n2cnc3c(NC4CCCC4)nc(Cl)nc32)C[C@@H]1O. The lowest BCUT2D eigenvalue weighted by molar-refractivity contribution is -0.0581. The van der Waals surface area contributed by atoms with Crippen molar-refractivity contribution in [3.8, 4) is 0 Å². The number of nitrogens with one attached hydrogen (secondary N) is 1. The zero-order chi connectivity index (χ0) is 26.6. The van der Waals surface area contributed by atoms with E-state index in [1.165, 1.54) is 0 Å². The van der Waals surface area contributed by atoms with Gasteiger partial charge >= 0.3 is 13.8 Å². The number of aromatic nitrogens is 4. The van der Waals surface area contributed by atoms with E-state index in [0.29, 0.717) is 23.0 Å². The number of ether oxygens (including phenoxy) is 4. The number of aliphatic hydroxyl groups is 1. The first-order valence-electron chi connectivity index (χ1n) is 12.0. The molecule has 2 aliphatic rings. The molecule has 0 aromatic carbocycles. The molecule has 2 aromatic heterocycles. The van der Waals surface area contributed by atoms with E-state index in [2.05, 4.69) is 29.5 Å². The summed E-state index contributed by atoms with van der Waals surface area (Å²) in [6.45, 7) is 2.29. The Hall–Kier alpha value is -2.06. The first-order valence-corrected chi connectivity index (χ1v) is 14.1. The number of carbonyl (C=O) groups excluding carboxylic acids is 1. The highest BCUT2D eigenvalue weighted by atomic mass is 35.5. The normalized spacial score (nSPS) is 24.0. The zero-order valence-corrected chi connectivity index (χ0v) is 22.1. The van der Waals surface area contributed by atoms with E-state index >= 15 is 0 Å². The van der Waals surface area contributed by atoms with Crippen LogP contribution < -0.4 is 5.32 Å². The first-order chi connectivity index (χ1) is 17.6. The van der Waals surface area contributed by atoms with Gasteiger partial charge in [-0.1, -0.05) is 12.8 Å². The molecule has 1 aliphatic carbocycles. The number of halogens is 1. The molecule has 4 rings (SSSR count). The van der Waals surface area contributed by atoms with Crippen LogP contribution in [0.25, 0.3) is 11.2 Å². The molecule has 37 heavy (non-hydrogen) atoms. The van der Waals surface area contributed by atoms with E-state index in [4.69, 9.17) is 25.8 Å². The van der Waals surface area contributed by atoms with Gasteiger partial charge in [0.05, 0.1) is 25.1 Å². The molecule has 14 nitrogen and oxygen atoms in total. The molecule has 1 unspecified atom stereocenters. The average molecular weight is 564 g/mol. The number of aliphatic hydroxyl groups excluding tert-OH is 1. The van der Waals surface area contributed by atoms with Crippen LogP contribution in [0.5, 0.6) is 0 Å². The first kappa shape index (κ1) is 28.0. The molecule has 3 heterocycles. The van der Waals surface area contributed by atoms with E-state index in [1.54, 1.807) is 24.7 Å². The minimum Gasteiger partial charge on any atom is -0.432 e. The maximum atomic E-state index is 12.1. The zero-order valence-electron chi connectivity index (χ0n) is 20.5. The molecule has 4 atom stereocenters. The average Bonchev–Trinajstić information content (AvgIpc) is 3.53. The molecular formula is C21H31ClN5O9P. The summed E-state index contributed by atoms with van der Waals surface area (Å²) in [7, 11) is -4.23. The molecule has 2 fully saturated rings. The molecule has 0 spiro atoms. The molecule has 1 aliphatic heterocycles. The number of anilines is 1. The van der Waals surface area contributed by atoms with Crippen LogP contribution in [0.4, 0.5) is 10.6 Å². The Morgan fingerprint density at radius 3 is 2.84 bits per heavy atom. The van der Waals surface area contributed by atoms with Crippen LogP contribution in [0.2, 0.25) is 5.28 Å². The van der Waals surface area contributed by atoms with E-state index < -0.39 is 51.4 Å². The molecule has 1 saturated heterocycles. The van der Waals surface area contributed by atoms with Crippen molar-refractivity contribution in [2.75, 3.05) is 25.1 Å². The number of hydrogen-bond acceptors (Lipinski definition) is 12. The highest BCUT2D eigenvalue weighted by Gasteiger charge is 2.37. The second kappa shape index (κ2) is 12.2. The van der Waals surface area contributed by atoms with Crippen molar-refractivity contribution in [3.05, 3.63) is 11.6 Å². The van der Waals surface area contributed by atoms with Gasteiger partial charge in [-0.15, -0.1) is 0 Å². The summed E-state index contributed by atoms with van der Waals surface area (Å²) in [6.07, 6.45) is 1.74. The number of fused-ring (bicyclic) bond motifs is 1. The highest BCUT2D eigenvalue weighted by Crippen LogP contribution is 2.42. The number of imidazole rings is 1. The van der Waals surface area contributed by atoms with Gasteiger partial charge in [-0.3, -0.25) is 13.7 Å². The van der Waals surface area contributed by atoms with Gasteiger partial charge in [-0.25, -0.2) is 9.78 Å². The van der Waals surface area contributed by atoms with Crippen LogP contribution in [0.3, 0.4) is 0 Å². The molecule has 206 valence electrons. The summed E-state index contributed by atoms with van der Waals surface area (Å²) < 4.78 is 38.9. The van der Waals surface area contributed by atoms with Crippen molar-refractivity contribution in [1.29, 1.82) is 0 Å². The molecule has 1 saturated carbocycles. The predicted molar refractivity (Wildman–Crippen MR) is 130 cm³/mol. The fourth-order valence-electron chi connectivity index (χ4n) is 4.21. The quantitative estimate of drug-likeness (QED) is 0.157. The second-order valence-electron chi connectivity index (χ2n) is 9.17. The Labute approximate surface area is 218 Å². The van der Waals surface area contributed by atoms with Crippen molar-refractivity contribution in [3.63, 3.8) is 0 Å². The molecule has 3 N–H and O–H groups in total. The van der Waals surface area contributed by atoms with Gasteiger partial charge in [0.2, 0.25) is 12.1 Å². The van der Waals surface area contributed by atoms with E-state index in [9.17, 15) is 19.4 Å². The van der Waals surface area contributed by atoms with Gasteiger partial charge in [0.25, 0.3) is 0 Å². The largest absolute Gasteiger partial charge is 0.510 e. The van der Waals surface area contributed by atoms with Crippen LogP contribution in [-0.4, -0.2) is 79.8 Å². The number of rotatable bonds is 11. The third-order valence-corrected chi connectivity index (χ3v) is 7.09. The Morgan fingerprint density at radius 2 is 2.11 bits per heavy atom. The maximum Gasteiger partial charge on any atom is 0.510 e. The second-order valence-corrected chi connectivity index (χ2v) is 11.3. The Kier molecular flexibility index (Phi) is 9.22.